The van der Waals surface area contributed by atoms with Crippen LogP contribution in [0.3, 0.4) is 0 Å². The van der Waals surface area contributed by atoms with Gasteiger partial charge in [0.25, 0.3) is 0 Å². The van der Waals surface area contributed by atoms with Crippen molar-refractivity contribution < 1.29 is 39.7 Å². The number of hydrogen-bond donors (Lipinski definition) is 5. The summed E-state index contributed by atoms with van der Waals surface area (Å²) in [5.74, 6) is 3.92. The Kier molecular flexibility index (Phi) is 14.5. The summed E-state index contributed by atoms with van der Waals surface area (Å²) in [5, 5.41) is 53.6. The quantitative estimate of drug-likeness (QED) is 0.0809. The molecule has 5 N–H and O–H groups in total. The molecule has 1 aliphatic heterocycles. The molecule has 7 unspecified atom stereocenters. The molecule has 7 atom stereocenters. The predicted octanol–water partition coefficient (Wildman–Crippen LogP) is 9.96. The Morgan fingerprint density at radius 2 is 1.71 bits per heavy atom. The highest BCUT2D eigenvalue weighted by Crippen LogP contribution is 2.54. The van der Waals surface area contributed by atoms with Gasteiger partial charge in [-0.2, -0.15) is 0 Å². The molecule has 1 saturated carbocycles. The smallest absolute Gasteiger partial charge is 0.161 e. The summed E-state index contributed by atoms with van der Waals surface area (Å²) in [5.41, 5.74) is 7.07. The molecule has 8 heteroatoms. The van der Waals surface area contributed by atoms with Gasteiger partial charge in [0.15, 0.2) is 11.5 Å². The van der Waals surface area contributed by atoms with E-state index in [4.69, 9.17) is 14.2 Å². The molecule has 6 rings (SSSR count). The zero-order chi connectivity index (χ0) is 39.9. The minimum atomic E-state index is -0.847. The van der Waals surface area contributed by atoms with E-state index in [-0.39, 0.29) is 36.9 Å². The Hall–Kier alpha value is -3.46. The van der Waals surface area contributed by atoms with Crippen molar-refractivity contribution in [3.05, 3.63) is 64.2 Å². The molecule has 3 aliphatic rings. The third kappa shape index (κ3) is 9.62. The van der Waals surface area contributed by atoms with Crippen molar-refractivity contribution in [1.29, 1.82) is 0 Å². The Labute approximate surface area is 335 Å². The minimum absolute atomic E-state index is 0.0441. The second-order valence-corrected chi connectivity index (χ2v) is 17.6. The number of hydrogen-bond acceptors (Lipinski definition) is 8. The van der Waals surface area contributed by atoms with Gasteiger partial charge in [-0.25, -0.2) is 0 Å². The molecular formula is C48H68O8. The summed E-state index contributed by atoms with van der Waals surface area (Å²) in [7, 11) is 1.70. The van der Waals surface area contributed by atoms with E-state index in [0.717, 1.165) is 103 Å². The molecule has 56 heavy (non-hydrogen) atoms. The van der Waals surface area contributed by atoms with E-state index in [1.165, 1.54) is 31.2 Å². The van der Waals surface area contributed by atoms with Gasteiger partial charge in [0.2, 0.25) is 0 Å². The standard InChI is InChI=1S/C48H68O8/c1-6-7-8-11-30(4)32(13-10-19-49)15-16-33-22-35-24-41(52)36(20-29(2)3)23-38(35)47-45(54-5)27-43-39(46(33)47)26-42(53)48(56-43)34-17-18-40(51)44(25-34)55-37-14-9-12-31(21-37)28-50/h17-18,23-25,27,29-33,37,42,48-53H,6-16,19-22,26,28H2,1-5H3. The molecule has 1 heterocycles. The summed E-state index contributed by atoms with van der Waals surface area (Å²) in [6, 6.07) is 11.3. The fraction of sp³-hybridized carbons (Fsp3) is 0.625. The minimum Gasteiger partial charge on any atom is -0.508 e. The number of benzene rings is 3. The van der Waals surface area contributed by atoms with Crippen LogP contribution in [0.4, 0.5) is 0 Å². The normalized spacial score (nSPS) is 22.8. The maximum Gasteiger partial charge on any atom is 0.161 e. The molecule has 2 aliphatic carbocycles. The number of aliphatic hydroxyl groups is 3. The van der Waals surface area contributed by atoms with Gasteiger partial charge in [-0.05, 0) is 146 Å². The number of methoxy groups -OCH3 is 1. The molecule has 8 nitrogen and oxygen atoms in total. The van der Waals surface area contributed by atoms with E-state index in [1.807, 2.05) is 12.1 Å². The van der Waals surface area contributed by atoms with Gasteiger partial charge in [-0.1, -0.05) is 59.4 Å². The topological polar surface area (TPSA) is 129 Å². The van der Waals surface area contributed by atoms with Crippen molar-refractivity contribution in [1.82, 2.24) is 0 Å². The molecule has 0 bridgehead atoms. The summed E-state index contributed by atoms with van der Waals surface area (Å²) < 4.78 is 19.3. The predicted molar refractivity (Wildman–Crippen MR) is 222 cm³/mol. The maximum absolute atomic E-state index is 12.0. The van der Waals surface area contributed by atoms with Gasteiger partial charge < -0.3 is 39.7 Å². The lowest BCUT2D eigenvalue weighted by molar-refractivity contribution is 0.0198. The molecular weight excluding hydrogens is 705 g/mol. The van der Waals surface area contributed by atoms with E-state index in [1.54, 1.807) is 25.3 Å². The van der Waals surface area contributed by atoms with Crippen molar-refractivity contribution in [2.24, 2.45) is 23.7 Å². The van der Waals surface area contributed by atoms with Crippen molar-refractivity contribution in [3.63, 3.8) is 0 Å². The van der Waals surface area contributed by atoms with Crippen LogP contribution in [0.2, 0.25) is 0 Å². The zero-order valence-corrected chi connectivity index (χ0v) is 34.6. The summed E-state index contributed by atoms with van der Waals surface area (Å²) in [4.78, 5) is 0. The lowest BCUT2D eigenvalue weighted by Gasteiger charge is -2.38. The molecule has 0 aromatic heterocycles. The number of aliphatic hydroxyl groups excluding tert-OH is 3. The van der Waals surface area contributed by atoms with Crippen LogP contribution in [-0.4, -0.2) is 58.1 Å². The van der Waals surface area contributed by atoms with Gasteiger partial charge in [0.05, 0.1) is 19.3 Å². The second-order valence-electron chi connectivity index (χ2n) is 17.6. The Balaban J connectivity index is 1.37. The van der Waals surface area contributed by atoms with Crippen LogP contribution in [0.15, 0.2) is 36.4 Å². The number of unbranched alkanes of at least 4 members (excludes halogenated alkanes) is 2. The van der Waals surface area contributed by atoms with Gasteiger partial charge >= 0.3 is 0 Å². The summed E-state index contributed by atoms with van der Waals surface area (Å²) in [6.07, 6.45) is 12.5. The van der Waals surface area contributed by atoms with Crippen LogP contribution >= 0.6 is 0 Å². The number of rotatable bonds is 18. The van der Waals surface area contributed by atoms with Gasteiger partial charge in [0, 0.05) is 36.8 Å². The first-order chi connectivity index (χ1) is 27.0. The SMILES string of the molecule is CCCCCC(C)C(CCCO)CCC1Cc2cc(O)c(CC(C)C)cc2-c2c(OC)cc3c(c21)CC(O)C(c1ccc(O)c(OC2CCCC(CO)C2)c1)O3. The first-order valence-corrected chi connectivity index (χ1v) is 21.7. The van der Waals surface area contributed by atoms with Crippen LogP contribution in [0, 0.1) is 23.7 Å². The molecule has 0 radical (unpaired) electrons. The van der Waals surface area contributed by atoms with E-state index < -0.39 is 12.2 Å². The van der Waals surface area contributed by atoms with Gasteiger partial charge in [0.1, 0.15) is 23.4 Å². The Morgan fingerprint density at radius 3 is 2.45 bits per heavy atom. The number of aromatic hydroxyl groups is 2. The van der Waals surface area contributed by atoms with Crippen LogP contribution in [0.1, 0.15) is 145 Å². The van der Waals surface area contributed by atoms with E-state index >= 15 is 0 Å². The first kappa shape index (κ1) is 42.2. The Morgan fingerprint density at radius 1 is 0.893 bits per heavy atom. The van der Waals surface area contributed by atoms with Crippen molar-refractivity contribution in [2.45, 2.75) is 148 Å². The molecule has 308 valence electrons. The molecule has 0 amide bonds. The highest BCUT2D eigenvalue weighted by atomic mass is 16.5. The fourth-order valence-corrected chi connectivity index (χ4v) is 9.95. The van der Waals surface area contributed by atoms with Crippen molar-refractivity contribution in [3.8, 4) is 39.9 Å². The molecule has 0 saturated heterocycles. The number of phenolic OH excluding ortho intramolecular Hbond substituents is 2. The van der Waals surface area contributed by atoms with Crippen LogP contribution in [0.25, 0.3) is 11.1 Å². The first-order valence-electron chi connectivity index (χ1n) is 21.7. The third-order valence-corrected chi connectivity index (χ3v) is 13.0. The number of ether oxygens (including phenoxy) is 3. The highest BCUT2D eigenvalue weighted by molar-refractivity contribution is 5.83. The monoisotopic (exact) mass is 772 g/mol. The van der Waals surface area contributed by atoms with Gasteiger partial charge in [-0.3, -0.25) is 0 Å². The molecule has 3 aromatic rings. The van der Waals surface area contributed by atoms with E-state index in [0.29, 0.717) is 41.4 Å². The number of phenols is 2. The zero-order valence-electron chi connectivity index (χ0n) is 34.6. The lowest BCUT2D eigenvalue weighted by atomic mass is 9.71. The average Bonchev–Trinajstić information content (AvgIpc) is 3.18. The Bertz CT molecular complexity index is 1750. The average molecular weight is 773 g/mol. The largest absolute Gasteiger partial charge is 0.508 e. The molecule has 1 fully saturated rings. The van der Waals surface area contributed by atoms with Crippen molar-refractivity contribution >= 4 is 0 Å². The maximum atomic E-state index is 12.0. The molecule has 3 aromatic carbocycles. The van der Waals surface area contributed by atoms with Crippen LogP contribution < -0.4 is 14.2 Å². The summed E-state index contributed by atoms with van der Waals surface area (Å²) >= 11 is 0. The van der Waals surface area contributed by atoms with Crippen LogP contribution in [0.5, 0.6) is 28.7 Å². The lowest BCUT2D eigenvalue weighted by Crippen LogP contribution is -2.32. The van der Waals surface area contributed by atoms with Crippen LogP contribution in [-0.2, 0) is 19.3 Å². The second kappa shape index (κ2) is 19.3. The third-order valence-electron chi connectivity index (χ3n) is 13.0. The number of fused-ring (bicyclic) bond motifs is 5. The summed E-state index contributed by atoms with van der Waals surface area (Å²) in [6.45, 7) is 9.30. The van der Waals surface area contributed by atoms with Crippen molar-refractivity contribution in [2.75, 3.05) is 20.3 Å². The highest BCUT2D eigenvalue weighted by Gasteiger charge is 2.39. The van der Waals surface area contributed by atoms with E-state index in [2.05, 4.69) is 33.8 Å². The van der Waals surface area contributed by atoms with Gasteiger partial charge in [-0.15, -0.1) is 0 Å². The fourth-order valence-electron chi connectivity index (χ4n) is 9.95. The molecule has 0 spiro atoms. The van der Waals surface area contributed by atoms with E-state index in [9.17, 15) is 25.5 Å².